The fourth-order valence-electron chi connectivity index (χ4n) is 1.54. The largest absolute Gasteiger partial charge is 0.325 e. The van der Waals surface area contributed by atoms with E-state index >= 15 is 0 Å². The molecule has 0 spiro atoms. The normalized spacial score (nSPS) is 10.4. The van der Waals surface area contributed by atoms with Crippen molar-refractivity contribution in [1.29, 1.82) is 0 Å². The number of amides is 1. The Labute approximate surface area is 120 Å². The van der Waals surface area contributed by atoms with E-state index < -0.39 is 0 Å². The summed E-state index contributed by atoms with van der Waals surface area (Å²) in [4.78, 5) is 16.0. The van der Waals surface area contributed by atoms with Crippen molar-refractivity contribution in [3.05, 3.63) is 45.4 Å². The summed E-state index contributed by atoms with van der Waals surface area (Å²) in [7, 11) is 0. The highest BCUT2D eigenvalue weighted by Crippen LogP contribution is 2.14. The molecular weight excluding hydrogens is 282 g/mol. The van der Waals surface area contributed by atoms with E-state index in [1.54, 1.807) is 35.6 Å². The van der Waals surface area contributed by atoms with Gasteiger partial charge < -0.3 is 10.6 Å². The van der Waals surface area contributed by atoms with Crippen LogP contribution in [0.2, 0.25) is 5.02 Å². The lowest BCUT2D eigenvalue weighted by molar-refractivity contribution is -0.115. The van der Waals surface area contributed by atoms with E-state index in [9.17, 15) is 4.79 Å². The van der Waals surface area contributed by atoms with Crippen molar-refractivity contribution in [2.45, 2.75) is 13.5 Å². The molecule has 6 heteroatoms. The molecule has 0 saturated carbocycles. The van der Waals surface area contributed by atoms with Gasteiger partial charge in [0.25, 0.3) is 0 Å². The standard InChI is InChI=1S/C13H14ClN3OS/c1-9-8-19-13(16-9)7-15-6-12(18)17-11-4-2-3-10(14)5-11/h2-5,8,15H,6-7H2,1H3,(H,17,18). The molecule has 1 amide bonds. The average Bonchev–Trinajstić information content (AvgIpc) is 2.75. The zero-order chi connectivity index (χ0) is 13.7. The minimum absolute atomic E-state index is 0.101. The van der Waals surface area contributed by atoms with Gasteiger partial charge in [-0.15, -0.1) is 11.3 Å². The number of thiazole rings is 1. The maximum atomic E-state index is 11.7. The molecule has 19 heavy (non-hydrogen) atoms. The number of benzene rings is 1. The van der Waals surface area contributed by atoms with Crippen molar-refractivity contribution >= 4 is 34.5 Å². The summed E-state index contributed by atoms with van der Waals surface area (Å²) in [6.07, 6.45) is 0. The average molecular weight is 296 g/mol. The first-order chi connectivity index (χ1) is 9.13. The molecule has 0 atom stereocenters. The van der Waals surface area contributed by atoms with Gasteiger partial charge in [0.15, 0.2) is 0 Å². The van der Waals surface area contributed by atoms with Crippen LogP contribution >= 0.6 is 22.9 Å². The van der Waals surface area contributed by atoms with Crippen molar-refractivity contribution in [3.63, 3.8) is 0 Å². The number of aromatic nitrogens is 1. The van der Waals surface area contributed by atoms with Crippen LogP contribution in [0.15, 0.2) is 29.6 Å². The van der Waals surface area contributed by atoms with Crippen molar-refractivity contribution < 1.29 is 4.79 Å². The second-order valence-corrected chi connectivity index (χ2v) is 5.42. The molecule has 1 aromatic heterocycles. The lowest BCUT2D eigenvalue weighted by Gasteiger charge is -2.06. The number of carbonyl (C=O) groups is 1. The van der Waals surface area contributed by atoms with Gasteiger partial charge in [0.05, 0.1) is 6.54 Å². The van der Waals surface area contributed by atoms with Gasteiger partial charge in [-0.2, -0.15) is 0 Å². The summed E-state index contributed by atoms with van der Waals surface area (Å²) >= 11 is 7.43. The molecule has 0 aliphatic heterocycles. The first-order valence-electron chi connectivity index (χ1n) is 5.80. The van der Waals surface area contributed by atoms with E-state index in [0.717, 1.165) is 10.7 Å². The SMILES string of the molecule is Cc1csc(CNCC(=O)Nc2cccc(Cl)c2)n1. The minimum Gasteiger partial charge on any atom is -0.325 e. The quantitative estimate of drug-likeness (QED) is 0.892. The van der Waals surface area contributed by atoms with Gasteiger partial charge in [0.2, 0.25) is 5.91 Å². The van der Waals surface area contributed by atoms with Crippen LogP contribution in [0.4, 0.5) is 5.69 Å². The van der Waals surface area contributed by atoms with Crippen molar-refractivity contribution in [1.82, 2.24) is 10.3 Å². The van der Waals surface area contributed by atoms with E-state index in [0.29, 0.717) is 17.3 Å². The van der Waals surface area contributed by atoms with Crippen LogP contribution in [0.1, 0.15) is 10.7 Å². The molecule has 4 nitrogen and oxygen atoms in total. The van der Waals surface area contributed by atoms with Gasteiger partial charge >= 0.3 is 0 Å². The van der Waals surface area contributed by atoms with E-state index in [4.69, 9.17) is 11.6 Å². The van der Waals surface area contributed by atoms with Gasteiger partial charge in [-0.1, -0.05) is 17.7 Å². The maximum absolute atomic E-state index is 11.7. The Hall–Kier alpha value is -1.43. The van der Waals surface area contributed by atoms with E-state index in [-0.39, 0.29) is 12.5 Å². The summed E-state index contributed by atoms with van der Waals surface area (Å²) < 4.78 is 0. The molecule has 1 aromatic carbocycles. The number of hydrogen-bond donors (Lipinski definition) is 2. The van der Waals surface area contributed by atoms with E-state index in [1.807, 2.05) is 12.3 Å². The van der Waals surface area contributed by atoms with Gasteiger partial charge in [0.1, 0.15) is 5.01 Å². The van der Waals surface area contributed by atoms with Crippen LogP contribution < -0.4 is 10.6 Å². The lowest BCUT2D eigenvalue weighted by Crippen LogP contribution is -2.27. The highest BCUT2D eigenvalue weighted by molar-refractivity contribution is 7.09. The molecule has 0 radical (unpaired) electrons. The summed E-state index contributed by atoms with van der Waals surface area (Å²) in [5.41, 5.74) is 1.70. The second-order valence-electron chi connectivity index (χ2n) is 4.04. The van der Waals surface area contributed by atoms with Crippen LogP contribution in [0.5, 0.6) is 0 Å². The van der Waals surface area contributed by atoms with Gasteiger partial charge in [-0.3, -0.25) is 4.79 Å². The van der Waals surface area contributed by atoms with E-state index in [2.05, 4.69) is 15.6 Å². The van der Waals surface area contributed by atoms with Crippen LogP contribution in [0.3, 0.4) is 0 Å². The Bertz CT molecular complexity index is 571. The van der Waals surface area contributed by atoms with Crippen molar-refractivity contribution in [2.24, 2.45) is 0 Å². The number of rotatable bonds is 5. The zero-order valence-corrected chi connectivity index (χ0v) is 12.0. The van der Waals surface area contributed by atoms with Crippen LogP contribution in [0, 0.1) is 6.92 Å². The Kier molecular flexibility index (Phi) is 4.90. The molecule has 2 N–H and O–H groups in total. The number of nitrogens with one attached hydrogen (secondary N) is 2. The van der Waals surface area contributed by atoms with Gasteiger partial charge in [0, 0.05) is 28.3 Å². The fourth-order valence-corrected chi connectivity index (χ4v) is 2.47. The molecule has 0 aliphatic rings. The second kappa shape index (κ2) is 6.65. The van der Waals surface area contributed by atoms with Gasteiger partial charge in [-0.25, -0.2) is 4.98 Å². The number of anilines is 1. The van der Waals surface area contributed by atoms with E-state index in [1.165, 1.54) is 0 Å². The third-order valence-corrected chi connectivity index (χ3v) is 3.54. The molecule has 0 aliphatic carbocycles. The number of hydrogen-bond acceptors (Lipinski definition) is 4. The predicted molar refractivity (Wildman–Crippen MR) is 78.6 cm³/mol. The number of halogens is 1. The minimum atomic E-state index is -0.101. The summed E-state index contributed by atoms with van der Waals surface area (Å²) in [5.74, 6) is -0.101. The molecule has 100 valence electrons. The molecule has 0 fully saturated rings. The Balaban J connectivity index is 1.76. The van der Waals surface area contributed by atoms with Gasteiger partial charge in [-0.05, 0) is 25.1 Å². The Morgan fingerprint density at radius 1 is 1.47 bits per heavy atom. The monoisotopic (exact) mass is 295 g/mol. The van der Waals surface area contributed by atoms with Crippen molar-refractivity contribution in [3.8, 4) is 0 Å². The third kappa shape index (κ3) is 4.63. The van der Waals surface area contributed by atoms with Crippen LogP contribution in [-0.4, -0.2) is 17.4 Å². The molecule has 1 heterocycles. The van der Waals surface area contributed by atoms with Crippen LogP contribution in [-0.2, 0) is 11.3 Å². The molecular formula is C13H14ClN3OS. The first kappa shape index (κ1) is 14.0. The summed E-state index contributed by atoms with van der Waals surface area (Å²) in [6, 6.07) is 7.07. The molecule has 0 saturated heterocycles. The zero-order valence-electron chi connectivity index (χ0n) is 10.4. The fraction of sp³-hybridized carbons (Fsp3) is 0.231. The highest BCUT2D eigenvalue weighted by atomic mass is 35.5. The van der Waals surface area contributed by atoms with Crippen molar-refractivity contribution in [2.75, 3.05) is 11.9 Å². The topological polar surface area (TPSA) is 54.0 Å². The third-order valence-electron chi connectivity index (χ3n) is 2.34. The van der Waals surface area contributed by atoms with Crippen LogP contribution in [0.25, 0.3) is 0 Å². The Morgan fingerprint density at radius 3 is 3.00 bits per heavy atom. The molecule has 2 aromatic rings. The number of nitrogens with zero attached hydrogens (tertiary/aromatic N) is 1. The first-order valence-corrected chi connectivity index (χ1v) is 7.06. The predicted octanol–water partition coefficient (Wildman–Crippen LogP) is 2.83. The highest BCUT2D eigenvalue weighted by Gasteiger charge is 2.03. The molecule has 0 bridgehead atoms. The molecule has 2 rings (SSSR count). The Morgan fingerprint density at radius 2 is 2.32 bits per heavy atom. The smallest absolute Gasteiger partial charge is 0.238 e. The number of aryl methyl sites for hydroxylation is 1. The number of carbonyl (C=O) groups excluding carboxylic acids is 1. The summed E-state index contributed by atoms with van der Waals surface area (Å²) in [5, 5.41) is 9.39. The maximum Gasteiger partial charge on any atom is 0.238 e. The summed E-state index contributed by atoms with van der Waals surface area (Å²) in [6.45, 7) is 2.79. The lowest BCUT2D eigenvalue weighted by atomic mass is 10.3. The molecule has 0 unspecified atom stereocenters.